The Kier molecular flexibility index (Phi) is 6.92. The third-order valence-corrected chi connectivity index (χ3v) is 8.34. The summed E-state index contributed by atoms with van der Waals surface area (Å²) in [4.78, 5) is 12.8. The first-order valence-electron chi connectivity index (χ1n) is 12.8. The molecule has 2 saturated carbocycles. The summed E-state index contributed by atoms with van der Waals surface area (Å²) in [5.41, 5.74) is 2.68. The van der Waals surface area contributed by atoms with Gasteiger partial charge in [0.25, 0.3) is 0 Å². The third kappa shape index (κ3) is 5.50. The Hall–Kier alpha value is -1.43. The number of piperidine rings is 2. The third-order valence-electron chi connectivity index (χ3n) is 8.34. The van der Waals surface area contributed by atoms with Crippen LogP contribution in [0.1, 0.15) is 62.0 Å². The van der Waals surface area contributed by atoms with E-state index in [1.54, 1.807) is 0 Å². The highest BCUT2D eigenvalue weighted by atomic mass is 16.2. The Morgan fingerprint density at radius 3 is 2.55 bits per heavy atom. The number of fused-ring (bicyclic) bond motifs is 1. The molecule has 2 heterocycles. The number of carbonyl (C=O) groups excluding carboxylic acids is 1. The molecular formula is C26H40N4O. The van der Waals surface area contributed by atoms with Gasteiger partial charge in [-0.05, 0) is 112 Å². The maximum Gasteiger partial charge on any atom is 0.223 e. The van der Waals surface area contributed by atoms with Crippen LogP contribution >= 0.6 is 0 Å². The van der Waals surface area contributed by atoms with E-state index in [-0.39, 0.29) is 5.92 Å². The monoisotopic (exact) mass is 424 g/mol. The van der Waals surface area contributed by atoms with Crippen LogP contribution in [0.3, 0.4) is 0 Å². The molecule has 4 aliphatic rings. The number of hydrogen-bond donors (Lipinski definition) is 4. The molecule has 5 heteroatoms. The Morgan fingerprint density at radius 1 is 0.903 bits per heavy atom. The molecule has 5 nitrogen and oxygen atoms in total. The van der Waals surface area contributed by atoms with Crippen LogP contribution < -0.4 is 21.3 Å². The van der Waals surface area contributed by atoms with E-state index in [0.717, 1.165) is 63.3 Å². The van der Waals surface area contributed by atoms with E-state index in [0.29, 0.717) is 17.9 Å². The quantitative estimate of drug-likeness (QED) is 0.544. The first-order valence-corrected chi connectivity index (χ1v) is 12.8. The fourth-order valence-electron chi connectivity index (χ4n) is 6.21. The van der Waals surface area contributed by atoms with Crippen LogP contribution in [0, 0.1) is 23.7 Å². The van der Waals surface area contributed by atoms with Crippen molar-refractivity contribution < 1.29 is 4.79 Å². The molecular weight excluding hydrogens is 384 g/mol. The van der Waals surface area contributed by atoms with Crippen LogP contribution in [-0.4, -0.2) is 44.7 Å². The molecule has 4 fully saturated rings. The van der Waals surface area contributed by atoms with Crippen LogP contribution in [0.5, 0.6) is 0 Å². The molecule has 0 aromatic heterocycles. The Morgan fingerprint density at radius 2 is 1.71 bits per heavy atom. The predicted octanol–water partition coefficient (Wildman–Crippen LogP) is 2.77. The highest BCUT2D eigenvalue weighted by Crippen LogP contribution is 2.48. The first kappa shape index (κ1) is 21.4. The SMILES string of the molecule is O=C(NC1CCC2CNCCC2C1)C1CC1c1ccc(CNCC2CCNCC2)cc1. The van der Waals surface area contributed by atoms with E-state index < -0.39 is 0 Å². The van der Waals surface area contributed by atoms with E-state index >= 15 is 0 Å². The normalized spacial score (nSPS) is 33.5. The second kappa shape index (κ2) is 10.0. The highest BCUT2D eigenvalue weighted by Gasteiger charge is 2.45. The van der Waals surface area contributed by atoms with Gasteiger partial charge in [0.15, 0.2) is 0 Å². The van der Waals surface area contributed by atoms with E-state index in [1.165, 1.54) is 49.8 Å². The van der Waals surface area contributed by atoms with E-state index in [4.69, 9.17) is 0 Å². The molecule has 0 bridgehead atoms. The van der Waals surface area contributed by atoms with Crippen LogP contribution in [-0.2, 0) is 11.3 Å². The predicted molar refractivity (Wildman–Crippen MR) is 125 cm³/mol. The minimum Gasteiger partial charge on any atom is -0.353 e. The molecule has 1 aromatic carbocycles. The smallest absolute Gasteiger partial charge is 0.223 e. The summed E-state index contributed by atoms with van der Waals surface area (Å²) in [6, 6.07) is 9.40. The van der Waals surface area contributed by atoms with Gasteiger partial charge >= 0.3 is 0 Å². The molecule has 4 N–H and O–H groups in total. The van der Waals surface area contributed by atoms with Crippen molar-refractivity contribution in [3.05, 3.63) is 35.4 Å². The molecule has 0 radical (unpaired) electrons. The molecule has 31 heavy (non-hydrogen) atoms. The number of carbonyl (C=O) groups is 1. The van der Waals surface area contributed by atoms with Crippen molar-refractivity contribution in [1.82, 2.24) is 21.3 Å². The Bertz CT molecular complexity index is 729. The molecule has 5 rings (SSSR count). The Balaban J connectivity index is 1.04. The molecule has 5 atom stereocenters. The summed E-state index contributed by atoms with van der Waals surface area (Å²) in [6.45, 7) is 6.72. The lowest BCUT2D eigenvalue weighted by molar-refractivity contribution is -0.123. The first-order chi connectivity index (χ1) is 15.3. The summed E-state index contributed by atoms with van der Waals surface area (Å²) in [5.74, 6) is 3.38. The van der Waals surface area contributed by atoms with E-state index in [9.17, 15) is 4.79 Å². The molecule has 0 spiro atoms. The zero-order valence-corrected chi connectivity index (χ0v) is 18.9. The maximum atomic E-state index is 12.8. The summed E-state index contributed by atoms with van der Waals surface area (Å²) < 4.78 is 0. The van der Waals surface area contributed by atoms with Crippen molar-refractivity contribution in [3.8, 4) is 0 Å². The number of nitrogens with one attached hydrogen (secondary N) is 4. The zero-order chi connectivity index (χ0) is 21.0. The zero-order valence-electron chi connectivity index (χ0n) is 18.9. The number of benzene rings is 1. The lowest BCUT2D eigenvalue weighted by Gasteiger charge is -2.39. The van der Waals surface area contributed by atoms with Gasteiger partial charge in [-0.3, -0.25) is 4.79 Å². The lowest BCUT2D eigenvalue weighted by atomic mass is 9.73. The van der Waals surface area contributed by atoms with Gasteiger partial charge in [-0.1, -0.05) is 24.3 Å². The van der Waals surface area contributed by atoms with Gasteiger partial charge in [0.05, 0.1) is 0 Å². The van der Waals surface area contributed by atoms with Crippen molar-refractivity contribution in [2.75, 3.05) is 32.7 Å². The van der Waals surface area contributed by atoms with Crippen LogP contribution in [0.4, 0.5) is 0 Å². The topological polar surface area (TPSA) is 65.2 Å². The molecule has 2 aliphatic carbocycles. The lowest BCUT2D eigenvalue weighted by Crippen LogP contribution is -2.46. The maximum absolute atomic E-state index is 12.8. The summed E-state index contributed by atoms with van der Waals surface area (Å²) in [7, 11) is 0. The van der Waals surface area contributed by atoms with Gasteiger partial charge in [-0.25, -0.2) is 0 Å². The van der Waals surface area contributed by atoms with Gasteiger partial charge in [0.1, 0.15) is 0 Å². The van der Waals surface area contributed by atoms with Crippen molar-refractivity contribution in [2.45, 2.75) is 63.5 Å². The fraction of sp³-hybridized carbons (Fsp3) is 0.731. The molecule has 2 aliphatic heterocycles. The molecule has 1 aromatic rings. The average Bonchev–Trinajstić information content (AvgIpc) is 3.61. The molecule has 2 saturated heterocycles. The van der Waals surface area contributed by atoms with Crippen molar-refractivity contribution >= 4 is 5.91 Å². The number of amides is 1. The Labute approximate surface area is 187 Å². The fourth-order valence-corrected chi connectivity index (χ4v) is 6.21. The minimum atomic E-state index is 0.189. The van der Waals surface area contributed by atoms with Crippen molar-refractivity contribution in [3.63, 3.8) is 0 Å². The van der Waals surface area contributed by atoms with Crippen molar-refractivity contribution in [1.29, 1.82) is 0 Å². The van der Waals surface area contributed by atoms with Gasteiger partial charge in [-0.15, -0.1) is 0 Å². The van der Waals surface area contributed by atoms with Gasteiger partial charge in [0, 0.05) is 18.5 Å². The second-order valence-electron chi connectivity index (χ2n) is 10.5. The van der Waals surface area contributed by atoms with Crippen molar-refractivity contribution in [2.24, 2.45) is 23.7 Å². The number of hydrogen-bond acceptors (Lipinski definition) is 4. The summed E-state index contributed by atoms with van der Waals surface area (Å²) >= 11 is 0. The van der Waals surface area contributed by atoms with Gasteiger partial charge in [-0.2, -0.15) is 0 Å². The largest absolute Gasteiger partial charge is 0.353 e. The van der Waals surface area contributed by atoms with Crippen LogP contribution in [0.25, 0.3) is 0 Å². The molecule has 170 valence electrons. The highest BCUT2D eigenvalue weighted by molar-refractivity contribution is 5.83. The number of rotatable bonds is 7. The van der Waals surface area contributed by atoms with Gasteiger partial charge < -0.3 is 21.3 Å². The van der Waals surface area contributed by atoms with Crippen LogP contribution in [0.15, 0.2) is 24.3 Å². The molecule has 1 amide bonds. The van der Waals surface area contributed by atoms with E-state index in [2.05, 4.69) is 45.5 Å². The molecule has 5 unspecified atom stereocenters. The minimum absolute atomic E-state index is 0.189. The summed E-state index contributed by atoms with van der Waals surface area (Å²) in [6.07, 6.45) is 8.49. The second-order valence-corrected chi connectivity index (χ2v) is 10.5. The standard InChI is InChI=1S/C26H40N4O/c31-26(30-23-6-5-22-17-28-12-9-21(22)13-23)25-14-24(25)20-3-1-18(2-4-20)15-29-16-19-7-10-27-11-8-19/h1-4,19,21-25,27-29H,5-17H2,(H,30,31). The average molecular weight is 425 g/mol. The van der Waals surface area contributed by atoms with Crippen LogP contribution in [0.2, 0.25) is 0 Å². The van der Waals surface area contributed by atoms with Gasteiger partial charge in [0.2, 0.25) is 5.91 Å². The summed E-state index contributed by atoms with van der Waals surface area (Å²) in [5, 5.41) is 14.0. The van der Waals surface area contributed by atoms with E-state index in [1.807, 2.05) is 0 Å².